The summed E-state index contributed by atoms with van der Waals surface area (Å²) in [6.45, 7) is 1.49. The fraction of sp³-hybridized carbons (Fsp3) is 0.125. The minimum absolute atomic E-state index is 0.0106. The Hall–Kier alpha value is -1.11. The van der Waals surface area contributed by atoms with E-state index in [1.54, 1.807) is 18.2 Å². The van der Waals surface area contributed by atoms with Crippen LogP contribution in [0.1, 0.15) is 17.3 Å². The number of hydrogen-bond donors (Lipinski definition) is 0. The summed E-state index contributed by atoms with van der Waals surface area (Å²) in [4.78, 5) is 10.8. The van der Waals surface area contributed by atoms with Crippen LogP contribution in [0, 0.1) is 10.8 Å². The lowest BCUT2D eigenvalue weighted by molar-refractivity contribution is 0.101. The number of rotatable bonds is 1. The summed E-state index contributed by atoms with van der Waals surface area (Å²) < 4.78 is 0. The van der Waals surface area contributed by atoms with Crippen molar-refractivity contribution in [3.8, 4) is 0 Å². The predicted octanol–water partition coefficient (Wildman–Crippen LogP) is 3.23. The van der Waals surface area contributed by atoms with Crippen molar-refractivity contribution in [1.82, 2.24) is 0 Å². The number of ketones is 1. The lowest BCUT2D eigenvalue weighted by Gasteiger charge is -1.97. The monoisotopic (exact) mass is 216 g/mol. The Balaban J connectivity index is 0.000000671. The molecular formula is C8H6Cl2N2O. The van der Waals surface area contributed by atoms with Crippen LogP contribution in [0.3, 0.4) is 0 Å². The molecule has 13 heavy (non-hydrogen) atoms. The lowest BCUT2D eigenvalue weighted by Crippen LogP contribution is -1.90. The van der Waals surface area contributed by atoms with Crippen molar-refractivity contribution in [2.75, 3.05) is 0 Å². The molecule has 1 aromatic rings. The molecule has 3 nitrogen and oxygen atoms in total. The van der Waals surface area contributed by atoms with Gasteiger partial charge in [0.25, 0.3) is 0 Å². The van der Waals surface area contributed by atoms with E-state index < -0.39 is 0 Å². The van der Waals surface area contributed by atoms with Gasteiger partial charge in [-0.15, -0.1) is 0 Å². The highest BCUT2D eigenvalue weighted by Crippen LogP contribution is 2.22. The van der Waals surface area contributed by atoms with Crippen LogP contribution >= 0.6 is 23.2 Å². The van der Waals surface area contributed by atoms with Crippen molar-refractivity contribution < 1.29 is 4.79 Å². The fourth-order valence-corrected chi connectivity index (χ4v) is 1.01. The van der Waals surface area contributed by atoms with Gasteiger partial charge in [-0.2, -0.15) is 0 Å². The second-order valence-electron chi connectivity index (χ2n) is 2.19. The van der Waals surface area contributed by atoms with Crippen LogP contribution in [-0.2, 0) is 0 Å². The molecular weight excluding hydrogens is 211 g/mol. The molecule has 5 heteroatoms. The molecule has 0 saturated heterocycles. The number of Topliss-reactive ketones (excluding diaryl/α,β-unsaturated/α-hetero) is 1. The zero-order valence-corrected chi connectivity index (χ0v) is 8.30. The van der Waals surface area contributed by atoms with Crippen molar-refractivity contribution in [3.63, 3.8) is 0 Å². The van der Waals surface area contributed by atoms with Crippen LogP contribution < -0.4 is 0 Å². The summed E-state index contributed by atoms with van der Waals surface area (Å²) in [6.07, 6.45) is 0. The maximum absolute atomic E-state index is 10.8. The first-order valence-corrected chi connectivity index (χ1v) is 4.03. The van der Waals surface area contributed by atoms with E-state index in [0.29, 0.717) is 15.6 Å². The SMILES string of the molecule is CC(=O)c1ccc(Cl)c(Cl)c1.N#N. The minimum Gasteiger partial charge on any atom is -0.295 e. The molecule has 0 spiro atoms. The summed E-state index contributed by atoms with van der Waals surface area (Å²) in [6, 6.07) is 4.82. The molecule has 0 aromatic heterocycles. The molecule has 0 aliphatic heterocycles. The Morgan fingerprint density at radius 2 is 1.77 bits per heavy atom. The van der Waals surface area contributed by atoms with Gasteiger partial charge in [0.15, 0.2) is 5.78 Å². The van der Waals surface area contributed by atoms with Crippen molar-refractivity contribution >= 4 is 29.0 Å². The Kier molecular flexibility index (Phi) is 5.05. The lowest BCUT2D eigenvalue weighted by atomic mass is 10.1. The normalized spacial score (nSPS) is 8.38. The highest BCUT2D eigenvalue weighted by Gasteiger charge is 2.01. The predicted molar refractivity (Wildman–Crippen MR) is 49.9 cm³/mol. The molecule has 0 atom stereocenters. The van der Waals surface area contributed by atoms with Gasteiger partial charge in [0.05, 0.1) is 10.0 Å². The number of nitrogens with zero attached hydrogens (tertiary/aromatic N) is 2. The van der Waals surface area contributed by atoms with Crippen molar-refractivity contribution in [3.05, 3.63) is 33.8 Å². The summed E-state index contributed by atoms with van der Waals surface area (Å²) in [5, 5.41) is 12.9. The first-order valence-electron chi connectivity index (χ1n) is 3.27. The molecule has 0 radical (unpaired) electrons. The van der Waals surface area contributed by atoms with E-state index in [4.69, 9.17) is 34.0 Å². The van der Waals surface area contributed by atoms with E-state index in [2.05, 4.69) is 0 Å². The summed E-state index contributed by atoms with van der Waals surface area (Å²) in [5.74, 6) is -0.0106. The molecule has 0 amide bonds. The number of halogens is 2. The molecule has 68 valence electrons. The molecule has 0 aliphatic carbocycles. The van der Waals surface area contributed by atoms with Gasteiger partial charge < -0.3 is 0 Å². The highest BCUT2D eigenvalue weighted by molar-refractivity contribution is 6.42. The maximum atomic E-state index is 10.8. The minimum atomic E-state index is -0.0106. The largest absolute Gasteiger partial charge is 0.295 e. The van der Waals surface area contributed by atoms with E-state index in [1.807, 2.05) is 0 Å². The van der Waals surface area contributed by atoms with E-state index in [1.165, 1.54) is 6.92 Å². The van der Waals surface area contributed by atoms with Gasteiger partial charge in [-0.1, -0.05) is 23.2 Å². The molecule has 0 N–H and O–H groups in total. The van der Waals surface area contributed by atoms with Crippen LogP contribution in [0.4, 0.5) is 0 Å². The third-order valence-electron chi connectivity index (χ3n) is 1.33. The van der Waals surface area contributed by atoms with Crippen LogP contribution in [0.15, 0.2) is 18.2 Å². The van der Waals surface area contributed by atoms with E-state index >= 15 is 0 Å². The zero-order valence-electron chi connectivity index (χ0n) is 6.79. The Morgan fingerprint density at radius 3 is 2.15 bits per heavy atom. The quantitative estimate of drug-likeness (QED) is 0.535. The van der Waals surface area contributed by atoms with Gasteiger partial charge in [-0.05, 0) is 25.1 Å². The van der Waals surface area contributed by atoms with E-state index in [9.17, 15) is 4.79 Å². The Morgan fingerprint density at radius 1 is 1.23 bits per heavy atom. The fourth-order valence-electron chi connectivity index (χ4n) is 0.715. The van der Waals surface area contributed by atoms with Gasteiger partial charge in [0, 0.05) is 16.3 Å². The van der Waals surface area contributed by atoms with Crippen molar-refractivity contribution in [2.24, 2.45) is 0 Å². The first-order chi connectivity index (χ1) is 6.11. The van der Waals surface area contributed by atoms with E-state index in [-0.39, 0.29) is 5.78 Å². The van der Waals surface area contributed by atoms with Crippen LogP contribution in [0.2, 0.25) is 10.0 Å². The van der Waals surface area contributed by atoms with Gasteiger partial charge in [0.1, 0.15) is 0 Å². The summed E-state index contributed by atoms with van der Waals surface area (Å²) >= 11 is 11.3. The van der Waals surface area contributed by atoms with Crippen LogP contribution in [-0.4, -0.2) is 5.78 Å². The summed E-state index contributed by atoms with van der Waals surface area (Å²) in [7, 11) is 0. The van der Waals surface area contributed by atoms with Gasteiger partial charge >= 0.3 is 0 Å². The summed E-state index contributed by atoms with van der Waals surface area (Å²) in [5.41, 5.74) is 0.583. The van der Waals surface area contributed by atoms with Crippen molar-refractivity contribution in [2.45, 2.75) is 6.92 Å². The molecule has 1 rings (SSSR count). The molecule has 0 fully saturated rings. The maximum Gasteiger partial charge on any atom is 0.159 e. The smallest absolute Gasteiger partial charge is 0.159 e. The molecule has 0 unspecified atom stereocenters. The number of benzene rings is 1. The van der Waals surface area contributed by atoms with Crippen molar-refractivity contribution in [1.29, 1.82) is 10.8 Å². The Bertz CT molecular complexity index is 336. The zero-order chi connectivity index (χ0) is 10.4. The average Bonchev–Trinajstić information content (AvgIpc) is 2.13. The number of hydrogen-bond acceptors (Lipinski definition) is 3. The standard InChI is InChI=1S/C8H6Cl2O.N2/c1-5(11)6-2-3-7(9)8(10)4-6;1-2/h2-4H,1H3;. The topological polar surface area (TPSA) is 64.7 Å². The average molecular weight is 217 g/mol. The van der Waals surface area contributed by atoms with Crippen LogP contribution in [0.5, 0.6) is 0 Å². The van der Waals surface area contributed by atoms with Gasteiger partial charge in [-0.3, -0.25) is 4.79 Å². The molecule has 0 aliphatic rings. The van der Waals surface area contributed by atoms with E-state index in [0.717, 1.165) is 0 Å². The molecule has 0 bridgehead atoms. The second kappa shape index (κ2) is 5.52. The molecule has 0 heterocycles. The molecule has 0 saturated carbocycles. The van der Waals surface area contributed by atoms with Gasteiger partial charge in [0.2, 0.25) is 0 Å². The third-order valence-corrected chi connectivity index (χ3v) is 2.07. The molecule has 1 aromatic carbocycles. The first kappa shape index (κ1) is 11.9. The number of carbonyl (C=O) groups is 1. The van der Waals surface area contributed by atoms with Gasteiger partial charge in [-0.25, -0.2) is 0 Å². The highest BCUT2D eigenvalue weighted by atomic mass is 35.5. The third kappa shape index (κ3) is 3.41. The Labute approximate surface area is 85.7 Å². The number of carbonyl (C=O) groups excluding carboxylic acids is 1. The van der Waals surface area contributed by atoms with Crippen LogP contribution in [0.25, 0.3) is 0 Å². The second-order valence-corrected chi connectivity index (χ2v) is 3.00.